The third-order valence-corrected chi connectivity index (χ3v) is 7.57. The van der Waals surface area contributed by atoms with Gasteiger partial charge in [0.15, 0.2) is 0 Å². The number of unbranched alkanes of at least 4 members (excludes halogenated alkanes) is 2. The summed E-state index contributed by atoms with van der Waals surface area (Å²) in [7, 11) is 0. The fourth-order valence-corrected chi connectivity index (χ4v) is 5.61. The molecule has 0 fully saturated rings. The summed E-state index contributed by atoms with van der Waals surface area (Å²) in [5, 5.41) is 10.3. The molecule has 27 heavy (non-hydrogen) atoms. The average Bonchev–Trinajstić information content (AvgIpc) is 2.84. The van der Waals surface area contributed by atoms with Crippen LogP contribution in [0.25, 0.3) is 0 Å². The lowest BCUT2D eigenvalue weighted by Gasteiger charge is -2.37. The van der Waals surface area contributed by atoms with Crippen molar-refractivity contribution in [1.82, 2.24) is 0 Å². The lowest BCUT2D eigenvalue weighted by molar-refractivity contribution is 0.274. The van der Waals surface area contributed by atoms with Gasteiger partial charge in [0.1, 0.15) is 5.75 Å². The van der Waals surface area contributed by atoms with E-state index in [2.05, 4.69) is 71.1 Å². The minimum absolute atomic E-state index is 0.299. The molecule has 1 aliphatic rings. The van der Waals surface area contributed by atoms with Gasteiger partial charge in [-0.15, -0.1) is 11.8 Å². The van der Waals surface area contributed by atoms with Gasteiger partial charge in [-0.05, 0) is 58.5 Å². The van der Waals surface area contributed by atoms with Crippen LogP contribution in [-0.4, -0.2) is 17.4 Å². The maximum Gasteiger partial charge on any atom is 0.131 e. The molecule has 0 aromatic heterocycles. The van der Waals surface area contributed by atoms with Crippen LogP contribution >= 0.6 is 27.7 Å². The molecule has 146 valence electrons. The smallest absolute Gasteiger partial charge is 0.131 e. The van der Waals surface area contributed by atoms with Crippen LogP contribution in [0.15, 0.2) is 51.8 Å². The molecule has 1 aliphatic heterocycles. The molecule has 2 nitrogen and oxygen atoms in total. The van der Waals surface area contributed by atoms with Gasteiger partial charge in [0, 0.05) is 22.9 Å². The number of anilines is 2. The van der Waals surface area contributed by atoms with Gasteiger partial charge in [0.05, 0.1) is 10.2 Å². The van der Waals surface area contributed by atoms with E-state index in [0.29, 0.717) is 11.2 Å². The van der Waals surface area contributed by atoms with Crippen molar-refractivity contribution in [3.8, 4) is 5.75 Å². The molecule has 0 saturated carbocycles. The number of rotatable bonds is 7. The molecule has 2 aromatic carbocycles. The van der Waals surface area contributed by atoms with Gasteiger partial charge in [0.25, 0.3) is 0 Å². The molecular weight excluding hydrogens is 418 g/mol. The summed E-state index contributed by atoms with van der Waals surface area (Å²) >= 11 is 5.44. The number of phenols is 1. The number of fused-ring (bicyclic) bond motifs is 1. The first kappa shape index (κ1) is 20.6. The van der Waals surface area contributed by atoms with Gasteiger partial charge in [0.2, 0.25) is 0 Å². The number of hydrogen-bond donors (Lipinski definition) is 1. The van der Waals surface area contributed by atoms with Gasteiger partial charge >= 0.3 is 0 Å². The van der Waals surface area contributed by atoms with E-state index in [-0.39, 0.29) is 0 Å². The zero-order valence-corrected chi connectivity index (χ0v) is 18.8. The number of para-hydroxylation sites is 1. The second kappa shape index (κ2) is 9.38. The normalized spacial score (nSPS) is 16.0. The molecule has 1 heterocycles. The van der Waals surface area contributed by atoms with Crippen LogP contribution in [-0.2, 0) is 0 Å². The van der Waals surface area contributed by atoms with Crippen molar-refractivity contribution in [3.63, 3.8) is 0 Å². The number of nitrogens with zero attached hydrogens (tertiary/aromatic N) is 1. The maximum atomic E-state index is 10.3. The second-order valence-corrected chi connectivity index (χ2v) is 9.56. The standard InChI is InChI=1S/C23H30BrNOS/c1-3-5-12-23(13-6-4-2)16-25(18-10-8-7-9-11-18)20-14-19(24)21(26)15-22(20)27-17-23/h7-11,14-15,26H,3-6,12-13,16-17H2,1-2H3. The minimum atomic E-state index is 0.299. The summed E-state index contributed by atoms with van der Waals surface area (Å²) in [5.41, 5.74) is 2.73. The minimum Gasteiger partial charge on any atom is -0.507 e. The highest BCUT2D eigenvalue weighted by atomic mass is 79.9. The number of thioether (sulfide) groups is 1. The number of hydrogen-bond acceptors (Lipinski definition) is 3. The largest absolute Gasteiger partial charge is 0.507 e. The quantitative estimate of drug-likeness (QED) is 0.468. The molecule has 2 aromatic rings. The molecule has 3 rings (SSSR count). The van der Waals surface area contributed by atoms with Gasteiger partial charge in [-0.25, -0.2) is 0 Å². The summed E-state index contributed by atoms with van der Waals surface area (Å²) in [4.78, 5) is 3.65. The van der Waals surface area contributed by atoms with Crippen LogP contribution < -0.4 is 4.90 Å². The van der Waals surface area contributed by atoms with E-state index in [1.165, 1.54) is 54.8 Å². The highest BCUT2D eigenvalue weighted by Crippen LogP contribution is 2.49. The third-order valence-electron chi connectivity index (χ3n) is 5.54. The van der Waals surface area contributed by atoms with Gasteiger partial charge in [-0.1, -0.05) is 57.7 Å². The molecule has 1 N–H and O–H groups in total. The molecule has 0 unspecified atom stereocenters. The molecule has 0 spiro atoms. The van der Waals surface area contributed by atoms with Crippen LogP contribution in [0.3, 0.4) is 0 Å². The topological polar surface area (TPSA) is 23.5 Å². The summed E-state index contributed by atoms with van der Waals surface area (Å²) in [5.74, 6) is 1.44. The van der Waals surface area contributed by atoms with E-state index in [4.69, 9.17) is 0 Å². The van der Waals surface area contributed by atoms with Crippen LogP contribution in [0.2, 0.25) is 0 Å². The molecular formula is C23H30BrNOS. The van der Waals surface area contributed by atoms with E-state index < -0.39 is 0 Å². The Kier molecular flexibility index (Phi) is 7.16. The molecule has 0 bridgehead atoms. The zero-order chi connectivity index (χ0) is 19.3. The Labute approximate surface area is 176 Å². The fraction of sp³-hybridized carbons (Fsp3) is 0.478. The zero-order valence-electron chi connectivity index (χ0n) is 16.4. The molecule has 0 saturated heterocycles. The van der Waals surface area contributed by atoms with E-state index >= 15 is 0 Å². The molecule has 0 amide bonds. The Morgan fingerprint density at radius 1 is 1.07 bits per heavy atom. The van der Waals surface area contributed by atoms with Crippen molar-refractivity contribution in [3.05, 3.63) is 46.9 Å². The van der Waals surface area contributed by atoms with E-state index in [1.54, 1.807) is 0 Å². The monoisotopic (exact) mass is 447 g/mol. The number of phenolic OH excluding ortho intramolecular Hbond substituents is 1. The lowest BCUT2D eigenvalue weighted by Crippen LogP contribution is -2.36. The Balaban J connectivity index is 2.06. The Hall–Kier alpha value is -1.13. The van der Waals surface area contributed by atoms with Crippen molar-refractivity contribution in [2.24, 2.45) is 5.41 Å². The first-order valence-electron chi connectivity index (χ1n) is 10.1. The first-order valence-corrected chi connectivity index (χ1v) is 11.8. The number of aromatic hydroxyl groups is 1. The number of benzene rings is 2. The van der Waals surface area contributed by atoms with Gasteiger partial charge < -0.3 is 10.0 Å². The van der Waals surface area contributed by atoms with Crippen molar-refractivity contribution in [2.75, 3.05) is 17.2 Å². The predicted octanol–water partition coefficient (Wildman–Crippen LogP) is 7.77. The highest BCUT2D eigenvalue weighted by molar-refractivity contribution is 9.10. The predicted molar refractivity (Wildman–Crippen MR) is 121 cm³/mol. The van der Waals surface area contributed by atoms with E-state index in [0.717, 1.165) is 16.8 Å². The molecule has 0 radical (unpaired) electrons. The first-order chi connectivity index (χ1) is 13.1. The Morgan fingerprint density at radius 2 is 1.74 bits per heavy atom. The summed E-state index contributed by atoms with van der Waals surface area (Å²) in [6.07, 6.45) is 7.56. The fourth-order valence-electron chi connectivity index (χ4n) is 3.93. The molecule has 4 heteroatoms. The second-order valence-electron chi connectivity index (χ2n) is 7.69. The van der Waals surface area contributed by atoms with Gasteiger partial charge in [-0.2, -0.15) is 0 Å². The van der Waals surface area contributed by atoms with Crippen LogP contribution in [0, 0.1) is 5.41 Å². The van der Waals surface area contributed by atoms with Gasteiger partial charge in [-0.3, -0.25) is 0 Å². The summed E-state index contributed by atoms with van der Waals surface area (Å²) < 4.78 is 0.761. The van der Waals surface area contributed by atoms with Crippen molar-refractivity contribution in [1.29, 1.82) is 0 Å². The Bertz CT molecular complexity index is 742. The van der Waals surface area contributed by atoms with Crippen LogP contribution in [0.5, 0.6) is 5.75 Å². The molecule has 0 aliphatic carbocycles. The average molecular weight is 448 g/mol. The number of halogens is 1. The van der Waals surface area contributed by atoms with Crippen LogP contribution in [0.1, 0.15) is 52.4 Å². The maximum absolute atomic E-state index is 10.3. The van der Waals surface area contributed by atoms with Crippen molar-refractivity contribution in [2.45, 2.75) is 57.3 Å². The van der Waals surface area contributed by atoms with Crippen molar-refractivity contribution >= 4 is 39.1 Å². The van der Waals surface area contributed by atoms with E-state index in [1.807, 2.05) is 17.8 Å². The van der Waals surface area contributed by atoms with Crippen molar-refractivity contribution < 1.29 is 5.11 Å². The summed E-state index contributed by atoms with van der Waals surface area (Å²) in [6, 6.07) is 14.7. The lowest BCUT2D eigenvalue weighted by atomic mass is 9.79. The van der Waals surface area contributed by atoms with Crippen LogP contribution in [0.4, 0.5) is 11.4 Å². The molecule has 0 atom stereocenters. The summed E-state index contributed by atoms with van der Waals surface area (Å²) in [6.45, 7) is 5.61. The van der Waals surface area contributed by atoms with E-state index in [9.17, 15) is 5.11 Å². The SMILES string of the molecule is CCCCC1(CCCC)CSc2cc(O)c(Br)cc2N(c2ccccc2)C1. The Morgan fingerprint density at radius 3 is 2.37 bits per heavy atom. The third kappa shape index (κ3) is 4.83. The highest BCUT2D eigenvalue weighted by Gasteiger charge is 2.36.